The van der Waals surface area contributed by atoms with Crippen molar-refractivity contribution < 1.29 is 14.4 Å². The molecule has 2 aliphatic rings. The number of nitrogens with zero attached hydrogens (tertiary/aromatic N) is 3. The minimum Gasteiger partial charge on any atom is -0.339 e. The Hall–Kier alpha value is -1.59. The minimum atomic E-state index is -0.175. The van der Waals surface area contributed by atoms with E-state index in [1.807, 2.05) is 13.8 Å². The number of hydrogen-bond acceptors (Lipinski definition) is 3. The summed E-state index contributed by atoms with van der Waals surface area (Å²) in [5.41, 5.74) is 0. The zero-order valence-corrected chi connectivity index (χ0v) is 14.3. The number of fused-ring (bicyclic) bond motifs is 1. The third-order valence-corrected chi connectivity index (χ3v) is 4.10. The first-order valence-electron chi connectivity index (χ1n) is 8.41. The van der Waals surface area contributed by atoms with E-state index >= 15 is 0 Å². The van der Waals surface area contributed by atoms with E-state index in [-0.39, 0.29) is 23.9 Å². The standard InChI is InChI=1S/C14H23N3O3.C2H6/c1-3-4-5-6-17-13(19)9-12-10-15(11(2)18)7-8-16(12)14(17)20;1-2/h12H,3-10H2,1-2H3;1-2H3. The number of amides is 4. The summed E-state index contributed by atoms with van der Waals surface area (Å²) in [4.78, 5) is 40.7. The molecule has 1 atom stereocenters. The van der Waals surface area contributed by atoms with Crippen LogP contribution in [0.1, 0.15) is 53.4 Å². The summed E-state index contributed by atoms with van der Waals surface area (Å²) in [5.74, 6) is -0.0901. The molecule has 0 saturated carbocycles. The van der Waals surface area contributed by atoms with Gasteiger partial charge in [0.25, 0.3) is 0 Å². The summed E-state index contributed by atoms with van der Waals surface area (Å²) in [6.07, 6.45) is 3.29. The van der Waals surface area contributed by atoms with Crippen LogP contribution in [0, 0.1) is 0 Å². The number of unbranched alkanes of at least 4 members (excludes halogenated alkanes) is 2. The molecule has 2 aliphatic heterocycles. The number of imide groups is 1. The monoisotopic (exact) mass is 311 g/mol. The van der Waals surface area contributed by atoms with Gasteiger partial charge in [-0.3, -0.25) is 14.5 Å². The van der Waals surface area contributed by atoms with Gasteiger partial charge in [-0.2, -0.15) is 0 Å². The smallest absolute Gasteiger partial charge is 0.327 e. The Kier molecular flexibility index (Phi) is 7.35. The van der Waals surface area contributed by atoms with Gasteiger partial charge >= 0.3 is 6.03 Å². The molecule has 0 N–H and O–H groups in total. The maximum atomic E-state index is 12.4. The lowest BCUT2D eigenvalue weighted by molar-refractivity contribution is -0.138. The highest BCUT2D eigenvalue weighted by atomic mass is 16.2. The van der Waals surface area contributed by atoms with Crippen molar-refractivity contribution in [3.05, 3.63) is 0 Å². The molecule has 0 radical (unpaired) electrons. The minimum absolute atomic E-state index is 0.00919. The molecule has 0 aromatic rings. The summed E-state index contributed by atoms with van der Waals surface area (Å²) in [7, 11) is 0. The fourth-order valence-corrected chi connectivity index (χ4v) is 2.88. The van der Waals surface area contributed by atoms with Gasteiger partial charge in [-0.15, -0.1) is 0 Å². The van der Waals surface area contributed by atoms with Crippen LogP contribution in [0.2, 0.25) is 0 Å². The fourth-order valence-electron chi connectivity index (χ4n) is 2.88. The van der Waals surface area contributed by atoms with E-state index in [9.17, 15) is 14.4 Å². The lowest BCUT2D eigenvalue weighted by Gasteiger charge is -2.46. The molecule has 1 unspecified atom stereocenters. The number of rotatable bonds is 4. The molecular formula is C16H29N3O3. The van der Waals surface area contributed by atoms with Crippen molar-refractivity contribution in [1.82, 2.24) is 14.7 Å². The summed E-state index contributed by atoms with van der Waals surface area (Å²) < 4.78 is 0. The van der Waals surface area contributed by atoms with Gasteiger partial charge in [-0.1, -0.05) is 33.6 Å². The molecule has 2 heterocycles. The van der Waals surface area contributed by atoms with Crippen molar-refractivity contribution in [2.75, 3.05) is 26.2 Å². The van der Waals surface area contributed by atoms with Gasteiger partial charge in [0.2, 0.25) is 11.8 Å². The molecular weight excluding hydrogens is 282 g/mol. The van der Waals surface area contributed by atoms with Crippen LogP contribution in [-0.2, 0) is 9.59 Å². The number of carbonyl (C=O) groups excluding carboxylic acids is 3. The summed E-state index contributed by atoms with van der Waals surface area (Å²) in [6, 6.07) is -0.319. The average Bonchev–Trinajstić information content (AvgIpc) is 2.52. The van der Waals surface area contributed by atoms with Crippen LogP contribution in [0.3, 0.4) is 0 Å². The second-order valence-electron chi connectivity index (χ2n) is 5.55. The first-order chi connectivity index (χ1) is 10.5. The van der Waals surface area contributed by atoms with Gasteiger partial charge in [0.05, 0.1) is 6.04 Å². The van der Waals surface area contributed by atoms with Crippen molar-refractivity contribution >= 4 is 17.8 Å². The van der Waals surface area contributed by atoms with E-state index in [1.54, 1.807) is 9.80 Å². The van der Waals surface area contributed by atoms with E-state index in [0.29, 0.717) is 32.6 Å². The third kappa shape index (κ3) is 4.21. The fraction of sp³-hybridized carbons (Fsp3) is 0.812. The molecule has 0 bridgehead atoms. The zero-order valence-electron chi connectivity index (χ0n) is 14.3. The van der Waals surface area contributed by atoms with Crippen LogP contribution in [0.25, 0.3) is 0 Å². The van der Waals surface area contributed by atoms with Crippen molar-refractivity contribution in [2.24, 2.45) is 0 Å². The van der Waals surface area contributed by atoms with Crippen LogP contribution < -0.4 is 0 Å². The highest BCUT2D eigenvalue weighted by Gasteiger charge is 2.41. The van der Waals surface area contributed by atoms with Crippen LogP contribution in [0.15, 0.2) is 0 Å². The molecule has 0 aromatic carbocycles. The third-order valence-electron chi connectivity index (χ3n) is 4.10. The molecule has 6 nitrogen and oxygen atoms in total. The lowest BCUT2D eigenvalue weighted by Crippen LogP contribution is -2.64. The van der Waals surface area contributed by atoms with Crippen LogP contribution in [-0.4, -0.2) is 64.8 Å². The van der Waals surface area contributed by atoms with E-state index in [0.717, 1.165) is 19.3 Å². The molecule has 0 aromatic heterocycles. The summed E-state index contributed by atoms with van der Waals surface area (Å²) in [6.45, 7) is 9.71. The predicted molar refractivity (Wildman–Crippen MR) is 85.3 cm³/mol. The Labute approximate surface area is 133 Å². The van der Waals surface area contributed by atoms with Crippen molar-refractivity contribution in [2.45, 2.75) is 59.4 Å². The molecule has 4 amide bonds. The highest BCUT2D eigenvalue weighted by Crippen LogP contribution is 2.22. The summed E-state index contributed by atoms with van der Waals surface area (Å²) >= 11 is 0. The van der Waals surface area contributed by atoms with Gasteiger partial charge in [0.15, 0.2) is 0 Å². The molecule has 126 valence electrons. The topological polar surface area (TPSA) is 60.9 Å². The maximum Gasteiger partial charge on any atom is 0.327 e. The second kappa shape index (κ2) is 8.76. The normalized spacial score (nSPS) is 21.3. The summed E-state index contributed by atoms with van der Waals surface area (Å²) in [5, 5.41) is 0. The number of urea groups is 1. The highest BCUT2D eigenvalue weighted by molar-refractivity contribution is 5.97. The van der Waals surface area contributed by atoms with Gasteiger partial charge in [0.1, 0.15) is 0 Å². The first kappa shape index (κ1) is 18.5. The Morgan fingerprint density at radius 3 is 2.45 bits per heavy atom. The largest absolute Gasteiger partial charge is 0.339 e. The van der Waals surface area contributed by atoms with Crippen LogP contribution in [0.5, 0.6) is 0 Å². The SMILES string of the molecule is CC.CCCCCN1C(=O)CC2CN(C(C)=O)CCN2C1=O. The van der Waals surface area contributed by atoms with Gasteiger partial charge in [-0.25, -0.2) is 4.79 Å². The molecule has 22 heavy (non-hydrogen) atoms. The van der Waals surface area contributed by atoms with Crippen LogP contribution in [0.4, 0.5) is 4.79 Å². The number of carbonyl (C=O) groups is 3. The van der Waals surface area contributed by atoms with Gasteiger partial charge in [0, 0.05) is 39.5 Å². The lowest BCUT2D eigenvalue weighted by atomic mass is 10.0. The zero-order chi connectivity index (χ0) is 16.7. The van der Waals surface area contributed by atoms with E-state index in [4.69, 9.17) is 0 Å². The Morgan fingerprint density at radius 1 is 1.18 bits per heavy atom. The van der Waals surface area contributed by atoms with Crippen molar-refractivity contribution in [1.29, 1.82) is 0 Å². The van der Waals surface area contributed by atoms with Crippen molar-refractivity contribution in [3.63, 3.8) is 0 Å². The van der Waals surface area contributed by atoms with Crippen LogP contribution >= 0.6 is 0 Å². The molecule has 2 fully saturated rings. The average molecular weight is 311 g/mol. The van der Waals surface area contributed by atoms with Gasteiger partial charge < -0.3 is 9.80 Å². The molecule has 0 aliphatic carbocycles. The Bertz CT molecular complexity index is 411. The van der Waals surface area contributed by atoms with Gasteiger partial charge in [-0.05, 0) is 6.42 Å². The second-order valence-corrected chi connectivity index (χ2v) is 5.55. The predicted octanol–water partition coefficient (Wildman–Crippen LogP) is 2.09. The Balaban J connectivity index is 0.00000116. The number of hydrogen-bond donors (Lipinski definition) is 0. The molecule has 2 rings (SSSR count). The quantitative estimate of drug-likeness (QED) is 0.747. The molecule has 6 heteroatoms. The van der Waals surface area contributed by atoms with E-state index in [2.05, 4.69) is 6.92 Å². The maximum absolute atomic E-state index is 12.4. The Morgan fingerprint density at radius 2 is 1.86 bits per heavy atom. The van der Waals surface area contributed by atoms with Crippen molar-refractivity contribution in [3.8, 4) is 0 Å². The van der Waals surface area contributed by atoms with E-state index in [1.165, 1.54) is 11.8 Å². The van der Waals surface area contributed by atoms with E-state index < -0.39 is 0 Å². The number of piperazine rings is 1. The molecule has 0 spiro atoms. The first-order valence-corrected chi connectivity index (χ1v) is 8.41. The molecule has 2 saturated heterocycles.